The van der Waals surface area contributed by atoms with Crippen molar-refractivity contribution in [1.29, 1.82) is 0 Å². The molecule has 0 unspecified atom stereocenters. The van der Waals surface area contributed by atoms with Gasteiger partial charge in [-0.25, -0.2) is 0 Å². The Balaban J connectivity index is 1.75. The van der Waals surface area contributed by atoms with E-state index >= 15 is 0 Å². The van der Waals surface area contributed by atoms with Crippen molar-refractivity contribution < 1.29 is 19.1 Å². The smallest absolute Gasteiger partial charge is 0.306 e. The van der Waals surface area contributed by atoms with E-state index in [4.69, 9.17) is 4.74 Å². The third-order valence-corrected chi connectivity index (χ3v) is 4.33. The number of nitrogens with one attached hydrogen (secondary N) is 2. The highest BCUT2D eigenvalue weighted by molar-refractivity contribution is 5.95. The zero-order chi connectivity index (χ0) is 20.7. The van der Waals surface area contributed by atoms with Crippen molar-refractivity contribution in [2.45, 2.75) is 40.5 Å². The molecule has 0 bridgehead atoms. The van der Waals surface area contributed by atoms with Crippen molar-refractivity contribution in [3.05, 3.63) is 58.7 Å². The molecule has 148 valence electrons. The van der Waals surface area contributed by atoms with Crippen molar-refractivity contribution >= 4 is 29.2 Å². The molecule has 6 heteroatoms. The highest BCUT2D eigenvalue weighted by Crippen LogP contribution is 2.19. The second-order valence-corrected chi connectivity index (χ2v) is 6.84. The largest absolute Gasteiger partial charge is 0.456 e. The first-order valence-electron chi connectivity index (χ1n) is 9.15. The molecule has 2 N–H and O–H groups in total. The number of amides is 2. The van der Waals surface area contributed by atoms with Crippen LogP contribution in [0.3, 0.4) is 0 Å². The van der Waals surface area contributed by atoms with Crippen LogP contribution in [0.25, 0.3) is 0 Å². The number of carbonyl (C=O) groups is 3. The third-order valence-electron chi connectivity index (χ3n) is 4.33. The molecular formula is C22H26N2O4. The number of ether oxygens (including phenoxy) is 1. The van der Waals surface area contributed by atoms with Crippen LogP contribution in [-0.4, -0.2) is 24.4 Å². The molecule has 0 aromatic heterocycles. The second kappa shape index (κ2) is 9.69. The van der Waals surface area contributed by atoms with Gasteiger partial charge in [-0.15, -0.1) is 0 Å². The highest BCUT2D eigenvalue weighted by Gasteiger charge is 2.13. The molecule has 0 radical (unpaired) electrons. The minimum Gasteiger partial charge on any atom is -0.456 e. The third kappa shape index (κ3) is 6.23. The number of aryl methyl sites for hydroxylation is 4. The first-order valence-corrected chi connectivity index (χ1v) is 9.15. The van der Waals surface area contributed by atoms with Gasteiger partial charge in [0.25, 0.3) is 5.91 Å². The standard InChI is InChI=1S/C22H26N2O4/c1-14-8-9-15(2)18(12-14)23-19(25)10-11-21(27)28-13-20(26)24-22-16(3)6-5-7-17(22)4/h5-9,12H,10-11,13H2,1-4H3,(H,23,25)(H,24,26). The molecule has 2 amide bonds. The van der Waals surface area contributed by atoms with E-state index in [9.17, 15) is 14.4 Å². The Morgan fingerprint density at radius 2 is 1.50 bits per heavy atom. The summed E-state index contributed by atoms with van der Waals surface area (Å²) in [5.41, 5.74) is 5.30. The average Bonchev–Trinajstić information content (AvgIpc) is 2.64. The normalized spacial score (nSPS) is 10.3. The van der Waals surface area contributed by atoms with Gasteiger partial charge in [0.15, 0.2) is 6.61 Å². The summed E-state index contributed by atoms with van der Waals surface area (Å²) in [6, 6.07) is 11.5. The van der Waals surface area contributed by atoms with Crippen molar-refractivity contribution in [1.82, 2.24) is 0 Å². The van der Waals surface area contributed by atoms with Gasteiger partial charge >= 0.3 is 5.97 Å². The SMILES string of the molecule is Cc1ccc(C)c(NC(=O)CCC(=O)OCC(=O)Nc2c(C)cccc2C)c1. The first kappa shape index (κ1) is 21.2. The van der Waals surface area contributed by atoms with Crippen molar-refractivity contribution in [2.75, 3.05) is 17.2 Å². The van der Waals surface area contributed by atoms with E-state index in [1.807, 2.05) is 64.1 Å². The van der Waals surface area contributed by atoms with E-state index in [1.165, 1.54) is 0 Å². The van der Waals surface area contributed by atoms with Crippen molar-refractivity contribution in [3.63, 3.8) is 0 Å². The lowest BCUT2D eigenvalue weighted by molar-refractivity contribution is -0.147. The van der Waals surface area contributed by atoms with Gasteiger partial charge in [0.05, 0.1) is 6.42 Å². The number of hydrogen-bond donors (Lipinski definition) is 2. The van der Waals surface area contributed by atoms with Crippen LogP contribution in [-0.2, 0) is 19.1 Å². The molecule has 0 spiro atoms. The molecule has 0 heterocycles. The summed E-state index contributed by atoms with van der Waals surface area (Å²) < 4.78 is 4.97. The number of rotatable bonds is 7. The molecule has 0 saturated heterocycles. The molecule has 0 aliphatic carbocycles. The fraction of sp³-hybridized carbons (Fsp3) is 0.318. The molecule has 0 atom stereocenters. The molecule has 0 fully saturated rings. The van der Waals surface area contributed by atoms with Gasteiger partial charge in [-0.05, 0) is 56.0 Å². The summed E-state index contributed by atoms with van der Waals surface area (Å²) in [7, 11) is 0. The summed E-state index contributed by atoms with van der Waals surface area (Å²) in [6.45, 7) is 7.24. The van der Waals surface area contributed by atoms with Crippen LogP contribution in [0.1, 0.15) is 35.1 Å². The van der Waals surface area contributed by atoms with Crippen LogP contribution in [0.2, 0.25) is 0 Å². The molecule has 28 heavy (non-hydrogen) atoms. The maximum Gasteiger partial charge on any atom is 0.306 e. The van der Waals surface area contributed by atoms with E-state index in [0.29, 0.717) is 0 Å². The molecule has 0 saturated carbocycles. The van der Waals surface area contributed by atoms with E-state index in [1.54, 1.807) is 0 Å². The van der Waals surface area contributed by atoms with E-state index in [2.05, 4.69) is 10.6 Å². The quantitative estimate of drug-likeness (QED) is 0.713. The highest BCUT2D eigenvalue weighted by atomic mass is 16.5. The number of para-hydroxylation sites is 1. The van der Waals surface area contributed by atoms with E-state index < -0.39 is 11.9 Å². The van der Waals surface area contributed by atoms with Gasteiger partial charge in [-0.2, -0.15) is 0 Å². The van der Waals surface area contributed by atoms with Crippen molar-refractivity contribution in [2.24, 2.45) is 0 Å². The fourth-order valence-electron chi connectivity index (χ4n) is 2.70. The van der Waals surface area contributed by atoms with Gasteiger partial charge in [0.1, 0.15) is 0 Å². The Morgan fingerprint density at radius 3 is 2.18 bits per heavy atom. The maximum atomic E-state index is 12.0. The number of anilines is 2. The predicted octanol–water partition coefficient (Wildman–Crippen LogP) is 3.82. The Morgan fingerprint density at radius 1 is 0.821 bits per heavy atom. The monoisotopic (exact) mass is 382 g/mol. The molecule has 0 aliphatic heterocycles. The second-order valence-electron chi connectivity index (χ2n) is 6.84. The molecule has 0 aliphatic rings. The molecular weight excluding hydrogens is 356 g/mol. The molecule has 2 aromatic carbocycles. The van der Waals surface area contributed by atoms with Crippen LogP contribution >= 0.6 is 0 Å². The van der Waals surface area contributed by atoms with E-state index in [0.717, 1.165) is 33.6 Å². The lowest BCUT2D eigenvalue weighted by Gasteiger charge is -2.12. The summed E-state index contributed by atoms with van der Waals surface area (Å²) in [5, 5.41) is 5.54. The molecule has 2 aromatic rings. The Labute approximate surface area is 165 Å². The van der Waals surface area contributed by atoms with E-state index in [-0.39, 0.29) is 25.4 Å². The van der Waals surface area contributed by atoms with Gasteiger partial charge in [0, 0.05) is 17.8 Å². The topological polar surface area (TPSA) is 84.5 Å². The zero-order valence-electron chi connectivity index (χ0n) is 16.7. The number of benzene rings is 2. The van der Waals surface area contributed by atoms with Crippen LogP contribution in [0.4, 0.5) is 11.4 Å². The summed E-state index contributed by atoms with van der Waals surface area (Å²) in [5.74, 6) is -1.27. The van der Waals surface area contributed by atoms with Crippen LogP contribution in [0.15, 0.2) is 36.4 Å². The summed E-state index contributed by atoms with van der Waals surface area (Å²) >= 11 is 0. The van der Waals surface area contributed by atoms with Gasteiger partial charge in [-0.1, -0.05) is 30.3 Å². The maximum absolute atomic E-state index is 12.0. The Kier molecular flexibility index (Phi) is 7.32. The van der Waals surface area contributed by atoms with Crippen LogP contribution < -0.4 is 10.6 Å². The zero-order valence-corrected chi connectivity index (χ0v) is 16.7. The summed E-state index contributed by atoms with van der Waals surface area (Å²) in [6.07, 6.45) is -0.0991. The number of esters is 1. The Hall–Kier alpha value is -3.15. The lowest BCUT2D eigenvalue weighted by Crippen LogP contribution is -2.22. The summed E-state index contributed by atoms with van der Waals surface area (Å²) in [4.78, 5) is 35.9. The Bertz CT molecular complexity index is 870. The first-order chi connectivity index (χ1) is 13.3. The molecule has 2 rings (SSSR count). The fourth-order valence-corrected chi connectivity index (χ4v) is 2.70. The number of carbonyl (C=O) groups excluding carboxylic acids is 3. The number of hydrogen-bond acceptors (Lipinski definition) is 4. The van der Waals surface area contributed by atoms with Crippen LogP contribution in [0, 0.1) is 27.7 Å². The molecule has 6 nitrogen and oxygen atoms in total. The lowest BCUT2D eigenvalue weighted by atomic mass is 10.1. The van der Waals surface area contributed by atoms with Crippen molar-refractivity contribution in [3.8, 4) is 0 Å². The minimum absolute atomic E-state index is 0.00919. The minimum atomic E-state index is -0.590. The van der Waals surface area contributed by atoms with Gasteiger partial charge in [0.2, 0.25) is 5.91 Å². The van der Waals surface area contributed by atoms with Gasteiger partial charge < -0.3 is 15.4 Å². The average molecular weight is 382 g/mol. The van der Waals surface area contributed by atoms with Crippen LogP contribution in [0.5, 0.6) is 0 Å². The predicted molar refractivity (Wildman–Crippen MR) is 109 cm³/mol. The van der Waals surface area contributed by atoms with Gasteiger partial charge in [-0.3, -0.25) is 14.4 Å².